The molecule has 2 bridgehead atoms. The van der Waals surface area contributed by atoms with Crippen molar-refractivity contribution in [2.24, 2.45) is 5.92 Å². The van der Waals surface area contributed by atoms with E-state index >= 15 is 0 Å². The standard InChI is InChI=1S/C11H19NO3/c13-5-1-2-8-6-9-3-4-10(7-8)12(9)11(14)15/h8-10,13H,1-7H2,(H,14,15). The first-order chi connectivity index (χ1) is 7.22. The number of hydrogen-bond acceptors (Lipinski definition) is 2. The molecule has 0 aliphatic carbocycles. The number of carbonyl (C=O) groups is 1. The third-order valence-corrected chi connectivity index (χ3v) is 3.82. The second-order valence-corrected chi connectivity index (χ2v) is 4.78. The highest BCUT2D eigenvalue weighted by Gasteiger charge is 2.42. The molecule has 0 saturated carbocycles. The molecule has 2 aliphatic rings. The molecule has 2 saturated heterocycles. The van der Waals surface area contributed by atoms with Gasteiger partial charge in [0.2, 0.25) is 0 Å². The van der Waals surface area contributed by atoms with Crippen LogP contribution in [0.15, 0.2) is 0 Å². The second-order valence-electron chi connectivity index (χ2n) is 4.78. The van der Waals surface area contributed by atoms with Gasteiger partial charge in [0.05, 0.1) is 0 Å². The number of carboxylic acid groups (broad SMARTS) is 1. The van der Waals surface area contributed by atoms with Crippen LogP contribution in [0.5, 0.6) is 0 Å². The van der Waals surface area contributed by atoms with Gasteiger partial charge in [0.1, 0.15) is 0 Å². The molecule has 0 aromatic carbocycles. The van der Waals surface area contributed by atoms with Gasteiger partial charge in [-0.1, -0.05) is 0 Å². The van der Waals surface area contributed by atoms with Crippen LogP contribution in [0.4, 0.5) is 4.79 Å². The van der Waals surface area contributed by atoms with Crippen molar-refractivity contribution in [3.8, 4) is 0 Å². The second kappa shape index (κ2) is 4.39. The highest BCUT2D eigenvalue weighted by Crippen LogP contribution is 2.40. The number of aliphatic hydroxyl groups excluding tert-OH is 1. The molecule has 2 N–H and O–H groups in total. The summed E-state index contributed by atoms with van der Waals surface area (Å²) in [5, 5.41) is 17.8. The lowest BCUT2D eigenvalue weighted by atomic mass is 9.87. The number of amides is 1. The van der Waals surface area contributed by atoms with Gasteiger partial charge in [-0.3, -0.25) is 0 Å². The molecule has 2 unspecified atom stereocenters. The summed E-state index contributed by atoms with van der Waals surface area (Å²) in [6, 6.07) is 0.509. The molecule has 2 atom stereocenters. The predicted molar refractivity (Wildman–Crippen MR) is 55.7 cm³/mol. The smallest absolute Gasteiger partial charge is 0.407 e. The van der Waals surface area contributed by atoms with Gasteiger partial charge in [-0.05, 0) is 44.4 Å². The molecule has 15 heavy (non-hydrogen) atoms. The summed E-state index contributed by atoms with van der Waals surface area (Å²) in [5.74, 6) is 0.630. The Balaban J connectivity index is 1.93. The van der Waals surface area contributed by atoms with Crippen molar-refractivity contribution in [2.45, 2.75) is 50.6 Å². The van der Waals surface area contributed by atoms with Gasteiger partial charge in [0.25, 0.3) is 0 Å². The Morgan fingerprint density at radius 2 is 1.87 bits per heavy atom. The molecule has 4 heteroatoms. The van der Waals surface area contributed by atoms with Crippen LogP contribution in [0.3, 0.4) is 0 Å². The minimum absolute atomic E-state index is 0.255. The number of nitrogens with zero attached hydrogens (tertiary/aromatic N) is 1. The maximum Gasteiger partial charge on any atom is 0.407 e. The summed E-state index contributed by atoms with van der Waals surface area (Å²) < 4.78 is 0. The van der Waals surface area contributed by atoms with Crippen LogP contribution in [0.1, 0.15) is 38.5 Å². The number of fused-ring (bicyclic) bond motifs is 2. The van der Waals surface area contributed by atoms with Gasteiger partial charge in [-0.25, -0.2) is 4.79 Å². The highest BCUT2D eigenvalue weighted by molar-refractivity contribution is 5.66. The lowest BCUT2D eigenvalue weighted by Gasteiger charge is -2.37. The first-order valence-corrected chi connectivity index (χ1v) is 5.84. The van der Waals surface area contributed by atoms with Crippen molar-refractivity contribution in [1.29, 1.82) is 0 Å². The fraction of sp³-hybridized carbons (Fsp3) is 0.909. The van der Waals surface area contributed by atoms with Crippen molar-refractivity contribution in [1.82, 2.24) is 4.90 Å². The average Bonchev–Trinajstić information content (AvgIpc) is 2.48. The molecule has 0 aromatic rings. The van der Waals surface area contributed by atoms with Crippen molar-refractivity contribution >= 4 is 6.09 Å². The summed E-state index contributed by atoms with van der Waals surface area (Å²) >= 11 is 0. The minimum Gasteiger partial charge on any atom is -0.465 e. The van der Waals surface area contributed by atoms with Crippen molar-refractivity contribution in [3.63, 3.8) is 0 Å². The van der Waals surface area contributed by atoms with Crippen molar-refractivity contribution < 1.29 is 15.0 Å². The molecule has 0 spiro atoms. The summed E-state index contributed by atoms with van der Waals surface area (Å²) in [5.41, 5.74) is 0. The molecule has 0 radical (unpaired) electrons. The van der Waals surface area contributed by atoms with Gasteiger partial charge in [-0.2, -0.15) is 0 Å². The Kier molecular flexibility index (Phi) is 3.14. The predicted octanol–water partition coefficient (Wildman–Crippen LogP) is 1.68. The van der Waals surface area contributed by atoms with Crippen LogP contribution in [-0.4, -0.2) is 39.9 Å². The average molecular weight is 213 g/mol. The number of piperidine rings is 1. The fourth-order valence-electron chi connectivity index (χ4n) is 3.22. The van der Waals surface area contributed by atoms with Crippen LogP contribution in [0, 0.1) is 5.92 Å². The van der Waals surface area contributed by atoms with Crippen LogP contribution in [0.2, 0.25) is 0 Å². The number of rotatable bonds is 3. The molecule has 2 fully saturated rings. The summed E-state index contributed by atoms with van der Waals surface area (Å²) in [6.45, 7) is 0.258. The topological polar surface area (TPSA) is 60.8 Å². The molecule has 4 nitrogen and oxygen atoms in total. The van der Waals surface area contributed by atoms with E-state index in [2.05, 4.69) is 0 Å². The molecular weight excluding hydrogens is 194 g/mol. The molecule has 1 amide bonds. The summed E-state index contributed by atoms with van der Waals surface area (Å²) in [4.78, 5) is 12.7. The van der Waals surface area contributed by atoms with E-state index < -0.39 is 6.09 Å². The maximum absolute atomic E-state index is 11.0. The Morgan fingerprint density at radius 1 is 1.27 bits per heavy atom. The highest BCUT2D eigenvalue weighted by atomic mass is 16.4. The Morgan fingerprint density at radius 3 is 2.33 bits per heavy atom. The molecule has 86 valence electrons. The molecule has 0 aromatic heterocycles. The van der Waals surface area contributed by atoms with Crippen LogP contribution in [0.25, 0.3) is 0 Å². The van der Waals surface area contributed by atoms with Gasteiger partial charge in [0.15, 0.2) is 0 Å². The summed E-state index contributed by atoms with van der Waals surface area (Å²) in [6.07, 6.45) is 5.24. The first-order valence-electron chi connectivity index (χ1n) is 5.84. The SMILES string of the molecule is O=C(O)N1C2CCC1CC(CCCO)C2. The number of aliphatic hydroxyl groups is 1. The zero-order chi connectivity index (χ0) is 10.8. The normalized spacial score (nSPS) is 34.5. The zero-order valence-electron chi connectivity index (χ0n) is 8.93. The molecular formula is C11H19NO3. The lowest BCUT2D eigenvalue weighted by molar-refractivity contribution is 0.0813. The van der Waals surface area contributed by atoms with Gasteiger partial charge in [-0.15, -0.1) is 0 Å². The third-order valence-electron chi connectivity index (χ3n) is 3.82. The summed E-state index contributed by atoms with van der Waals surface area (Å²) in [7, 11) is 0. The zero-order valence-corrected chi connectivity index (χ0v) is 8.93. The maximum atomic E-state index is 11.0. The minimum atomic E-state index is -0.747. The Bertz CT molecular complexity index is 230. The van der Waals surface area contributed by atoms with Crippen LogP contribution in [-0.2, 0) is 0 Å². The van der Waals surface area contributed by atoms with E-state index in [0.717, 1.165) is 38.5 Å². The van der Waals surface area contributed by atoms with Crippen molar-refractivity contribution in [2.75, 3.05) is 6.61 Å². The van der Waals surface area contributed by atoms with E-state index in [0.29, 0.717) is 5.92 Å². The largest absolute Gasteiger partial charge is 0.465 e. The molecule has 2 heterocycles. The number of hydrogen-bond donors (Lipinski definition) is 2. The van der Waals surface area contributed by atoms with Crippen molar-refractivity contribution in [3.05, 3.63) is 0 Å². The van der Waals surface area contributed by atoms with E-state index in [-0.39, 0.29) is 18.7 Å². The van der Waals surface area contributed by atoms with E-state index in [1.807, 2.05) is 0 Å². The van der Waals surface area contributed by atoms with E-state index in [1.165, 1.54) is 0 Å². The Labute approximate surface area is 89.9 Å². The van der Waals surface area contributed by atoms with Gasteiger partial charge in [0, 0.05) is 18.7 Å². The fourth-order valence-corrected chi connectivity index (χ4v) is 3.22. The van der Waals surface area contributed by atoms with Crippen LogP contribution >= 0.6 is 0 Å². The third kappa shape index (κ3) is 2.09. The van der Waals surface area contributed by atoms with Crippen LogP contribution < -0.4 is 0 Å². The molecule has 2 rings (SSSR count). The van der Waals surface area contributed by atoms with Gasteiger partial charge >= 0.3 is 6.09 Å². The van der Waals surface area contributed by atoms with E-state index in [1.54, 1.807) is 4.90 Å². The quantitative estimate of drug-likeness (QED) is 0.749. The Hall–Kier alpha value is -0.770. The lowest BCUT2D eigenvalue weighted by Crippen LogP contribution is -2.45. The monoisotopic (exact) mass is 213 g/mol. The van der Waals surface area contributed by atoms with Gasteiger partial charge < -0.3 is 15.1 Å². The van der Waals surface area contributed by atoms with E-state index in [9.17, 15) is 4.79 Å². The molecule has 2 aliphatic heterocycles. The first kappa shape index (κ1) is 10.7. The van der Waals surface area contributed by atoms with E-state index in [4.69, 9.17) is 10.2 Å².